The van der Waals surface area contributed by atoms with Crippen molar-refractivity contribution < 1.29 is 18.8 Å². The van der Waals surface area contributed by atoms with Crippen molar-refractivity contribution in [2.45, 2.75) is 81.9 Å². The van der Waals surface area contributed by atoms with Gasteiger partial charge in [0.25, 0.3) is 11.5 Å². The molecule has 0 spiro atoms. The molecule has 35 heavy (non-hydrogen) atoms. The van der Waals surface area contributed by atoms with Crippen LogP contribution >= 0.6 is 11.6 Å². The second-order valence-electron chi connectivity index (χ2n) is 9.99. The van der Waals surface area contributed by atoms with Crippen LogP contribution in [0.15, 0.2) is 27.5 Å². The van der Waals surface area contributed by atoms with Crippen LogP contribution in [0.2, 0.25) is 5.02 Å². The quantitative estimate of drug-likeness (QED) is 0.520. The van der Waals surface area contributed by atoms with Gasteiger partial charge in [0, 0.05) is 17.8 Å². The van der Waals surface area contributed by atoms with E-state index in [1.807, 2.05) is 0 Å². The molecule has 1 amide bonds. The number of benzene rings is 1. The van der Waals surface area contributed by atoms with Crippen molar-refractivity contribution in [3.05, 3.63) is 39.3 Å². The molecule has 0 aliphatic heterocycles. The lowest BCUT2D eigenvalue weighted by Crippen LogP contribution is -2.58. The lowest BCUT2D eigenvalue weighted by atomic mass is 9.79. The molecule has 2 aromatic heterocycles. The maximum Gasteiger partial charge on any atom is 0.327 e. The zero-order chi connectivity index (χ0) is 25.0. The third-order valence-electron chi connectivity index (χ3n) is 7.72. The van der Waals surface area contributed by atoms with Gasteiger partial charge in [0.2, 0.25) is 0 Å². The molecule has 3 aromatic rings. The van der Waals surface area contributed by atoms with E-state index in [0.29, 0.717) is 58.3 Å². The first-order valence-electron chi connectivity index (χ1n) is 12.1. The fourth-order valence-electron chi connectivity index (χ4n) is 5.80. The Morgan fingerprint density at radius 2 is 1.91 bits per heavy atom. The average Bonchev–Trinajstić information content (AvgIpc) is 3.21. The number of aromatic nitrogens is 2. The molecule has 1 aromatic carbocycles. The highest BCUT2D eigenvalue weighted by molar-refractivity contribution is 6.37. The number of pyridine rings is 1. The number of fused-ring (bicyclic) bond motifs is 3. The average molecular weight is 501 g/mol. The number of carbonyl (C=O) groups is 2. The van der Waals surface area contributed by atoms with E-state index in [9.17, 15) is 14.4 Å². The van der Waals surface area contributed by atoms with E-state index in [4.69, 9.17) is 32.3 Å². The monoisotopic (exact) mass is 500 g/mol. The van der Waals surface area contributed by atoms with E-state index >= 15 is 0 Å². The normalized spacial score (nSPS) is 24.5. The number of carbonyl (C=O) groups excluding carboxylic acids is 2. The van der Waals surface area contributed by atoms with Gasteiger partial charge in [0.1, 0.15) is 22.2 Å². The summed E-state index contributed by atoms with van der Waals surface area (Å²) in [5.41, 5.74) is 10.2. The Balaban J connectivity index is 1.60. The Hall–Kier alpha value is -2.91. The van der Waals surface area contributed by atoms with Gasteiger partial charge in [-0.1, -0.05) is 42.1 Å². The Labute approximate surface area is 206 Å². The molecule has 2 heterocycles. The SMILES string of the molecule is Cc1onc2c1c(=O)n(C1CCCC(OC(=O)C3(N)CCCCC3)(C(N)=O)C1)c1cccc(Cl)c21. The van der Waals surface area contributed by atoms with Crippen molar-refractivity contribution >= 4 is 45.3 Å². The van der Waals surface area contributed by atoms with Crippen LogP contribution in [-0.4, -0.2) is 32.7 Å². The van der Waals surface area contributed by atoms with Gasteiger partial charge in [0.15, 0.2) is 5.60 Å². The van der Waals surface area contributed by atoms with Crippen LogP contribution < -0.4 is 17.0 Å². The van der Waals surface area contributed by atoms with Crippen molar-refractivity contribution in [2.24, 2.45) is 11.5 Å². The van der Waals surface area contributed by atoms with Gasteiger partial charge in [-0.15, -0.1) is 0 Å². The van der Waals surface area contributed by atoms with Crippen molar-refractivity contribution in [3.8, 4) is 0 Å². The molecule has 0 radical (unpaired) electrons. The number of hydrogen-bond donors (Lipinski definition) is 2. The minimum absolute atomic E-state index is 0.0709. The highest BCUT2D eigenvalue weighted by Gasteiger charge is 2.49. The minimum atomic E-state index is -1.55. The number of ether oxygens (including phenoxy) is 1. The summed E-state index contributed by atoms with van der Waals surface area (Å²) < 4.78 is 12.8. The molecule has 2 aliphatic carbocycles. The third kappa shape index (κ3) is 3.81. The summed E-state index contributed by atoms with van der Waals surface area (Å²) in [6, 6.07) is 4.81. The van der Waals surface area contributed by atoms with Crippen LogP contribution in [0.1, 0.15) is 69.6 Å². The number of halogens is 1. The number of amides is 1. The van der Waals surface area contributed by atoms with Gasteiger partial charge in [-0.3, -0.25) is 14.4 Å². The van der Waals surface area contributed by atoms with Gasteiger partial charge < -0.3 is 25.3 Å². The molecule has 0 bridgehead atoms. The van der Waals surface area contributed by atoms with E-state index in [-0.39, 0.29) is 18.4 Å². The first kappa shape index (κ1) is 23.8. The molecule has 0 saturated heterocycles. The summed E-state index contributed by atoms with van der Waals surface area (Å²) >= 11 is 6.53. The predicted octanol–water partition coefficient (Wildman–Crippen LogP) is 3.65. The Morgan fingerprint density at radius 3 is 2.63 bits per heavy atom. The van der Waals surface area contributed by atoms with E-state index in [0.717, 1.165) is 19.3 Å². The van der Waals surface area contributed by atoms with Crippen molar-refractivity contribution in [2.75, 3.05) is 0 Å². The van der Waals surface area contributed by atoms with Gasteiger partial charge in [0.05, 0.1) is 10.5 Å². The number of esters is 1. The van der Waals surface area contributed by atoms with Crippen LogP contribution in [0, 0.1) is 6.92 Å². The molecule has 2 atom stereocenters. The number of hydrogen-bond acceptors (Lipinski definition) is 7. The summed E-state index contributed by atoms with van der Waals surface area (Å²) in [5.74, 6) is -0.943. The largest absolute Gasteiger partial charge is 0.447 e. The maximum atomic E-state index is 13.7. The molecule has 2 fully saturated rings. The van der Waals surface area contributed by atoms with Crippen molar-refractivity contribution in [1.82, 2.24) is 9.72 Å². The lowest BCUT2D eigenvalue weighted by molar-refractivity contribution is -0.178. The lowest BCUT2D eigenvalue weighted by Gasteiger charge is -2.41. The second-order valence-corrected chi connectivity index (χ2v) is 10.4. The van der Waals surface area contributed by atoms with Crippen LogP contribution in [0.5, 0.6) is 0 Å². The predicted molar refractivity (Wildman–Crippen MR) is 131 cm³/mol. The zero-order valence-corrected chi connectivity index (χ0v) is 20.4. The molecule has 2 saturated carbocycles. The van der Waals surface area contributed by atoms with Gasteiger partial charge in [-0.25, -0.2) is 0 Å². The Morgan fingerprint density at radius 1 is 1.17 bits per heavy atom. The highest BCUT2D eigenvalue weighted by Crippen LogP contribution is 2.41. The first-order chi connectivity index (χ1) is 16.7. The minimum Gasteiger partial charge on any atom is -0.447 e. The molecule has 186 valence electrons. The Kier molecular flexibility index (Phi) is 5.88. The van der Waals surface area contributed by atoms with E-state index in [1.165, 1.54) is 0 Å². The molecule has 4 N–H and O–H groups in total. The number of aryl methyl sites for hydroxylation is 1. The standard InChI is InChI=1S/C25H29ClN4O5/c1-14-18-20(29-35-14)19-16(26)8-5-9-17(19)30(21(18)31)15-7-6-12-25(13-15,22(27)32)34-23(33)24(28)10-3-2-4-11-24/h5,8-9,15H,2-4,6-7,10-13,28H2,1H3,(H2,27,32). The summed E-state index contributed by atoms with van der Waals surface area (Å²) in [5, 5.41) is 5.44. The smallest absolute Gasteiger partial charge is 0.327 e. The molecule has 2 unspecified atom stereocenters. The summed E-state index contributed by atoms with van der Waals surface area (Å²) in [6.45, 7) is 1.67. The number of nitrogens with zero attached hydrogens (tertiary/aromatic N) is 2. The third-order valence-corrected chi connectivity index (χ3v) is 8.04. The molecular formula is C25H29ClN4O5. The number of rotatable bonds is 4. The highest BCUT2D eigenvalue weighted by atomic mass is 35.5. The zero-order valence-electron chi connectivity index (χ0n) is 19.6. The summed E-state index contributed by atoms with van der Waals surface area (Å²) in [6.07, 6.45) is 5.18. The van der Waals surface area contributed by atoms with Crippen LogP contribution in [0.4, 0.5) is 0 Å². The molecule has 9 nitrogen and oxygen atoms in total. The fraction of sp³-hybridized carbons (Fsp3) is 0.520. The van der Waals surface area contributed by atoms with Crippen molar-refractivity contribution in [1.29, 1.82) is 0 Å². The van der Waals surface area contributed by atoms with E-state index in [1.54, 1.807) is 29.7 Å². The second kappa shape index (κ2) is 8.64. The van der Waals surface area contributed by atoms with Crippen molar-refractivity contribution in [3.63, 3.8) is 0 Å². The number of nitrogens with two attached hydrogens (primary N) is 2. The van der Waals surface area contributed by atoms with Crippen LogP contribution in [0.3, 0.4) is 0 Å². The summed E-state index contributed by atoms with van der Waals surface area (Å²) in [7, 11) is 0. The van der Waals surface area contributed by atoms with E-state index < -0.39 is 29.1 Å². The molecule has 10 heteroatoms. The van der Waals surface area contributed by atoms with Crippen LogP contribution in [0.25, 0.3) is 21.8 Å². The fourth-order valence-corrected chi connectivity index (χ4v) is 6.06. The molecule has 2 aliphatic rings. The Bertz CT molecular complexity index is 1390. The van der Waals surface area contributed by atoms with Gasteiger partial charge >= 0.3 is 5.97 Å². The topological polar surface area (TPSA) is 143 Å². The van der Waals surface area contributed by atoms with Crippen LogP contribution in [-0.2, 0) is 14.3 Å². The van der Waals surface area contributed by atoms with E-state index in [2.05, 4.69) is 5.16 Å². The summed E-state index contributed by atoms with van der Waals surface area (Å²) in [4.78, 5) is 39.7. The first-order valence-corrected chi connectivity index (χ1v) is 12.5. The molecular weight excluding hydrogens is 472 g/mol. The number of primary amides is 1. The van der Waals surface area contributed by atoms with Gasteiger partial charge in [-0.05, 0) is 51.2 Å². The maximum absolute atomic E-state index is 13.7. The molecule has 5 rings (SSSR count). The van der Waals surface area contributed by atoms with Gasteiger partial charge in [-0.2, -0.15) is 0 Å².